The first-order chi connectivity index (χ1) is 23.0. The summed E-state index contributed by atoms with van der Waals surface area (Å²) in [6.45, 7) is 6.03. The van der Waals surface area contributed by atoms with Crippen molar-refractivity contribution >= 4 is 57.3 Å². The van der Waals surface area contributed by atoms with Crippen LogP contribution in [0.15, 0.2) is 69.4 Å². The summed E-state index contributed by atoms with van der Waals surface area (Å²) in [5, 5.41) is 21.0. The van der Waals surface area contributed by atoms with Crippen LogP contribution in [0.5, 0.6) is 23.0 Å². The Morgan fingerprint density at radius 2 is 1.79 bits per heavy atom. The molecule has 0 bridgehead atoms. The van der Waals surface area contributed by atoms with Crippen molar-refractivity contribution in [2.45, 2.75) is 39.6 Å². The summed E-state index contributed by atoms with van der Waals surface area (Å²) in [5.74, 6) is 1.10. The highest BCUT2D eigenvalue weighted by atomic mass is 79.9. The van der Waals surface area contributed by atoms with Crippen molar-refractivity contribution in [3.05, 3.63) is 91.0 Å². The van der Waals surface area contributed by atoms with E-state index in [1.54, 1.807) is 62.4 Å². The van der Waals surface area contributed by atoms with Crippen LogP contribution in [0.1, 0.15) is 43.5 Å². The number of nitrogens with one attached hydrogen (secondary N) is 3. The third kappa shape index (κ3) is 9.47. The summed E-state index contributed by atoms with van der Waals surface area (Å²) >= 11 is 15.8. The molecule has 0 fully saturated rings. The Kier molecular flexibility index (Phi) is 13.2. The van der Waals surface area contributed by atoms with Crippen LogP contribution < -0.4 is 35.0 Å². The fraction of sp³-hybridized carbons (Fsp3) is 0.303. The lowest BCUT2D eigenvalue weighted by Crippen LogP contribution is -2.45. The van der Waals surface area contributed by atoms with Crippen LogP contribution in [0.3, 0.4) is 0 Å². The molecule has 0 saturated carbocycles. The number of esters is 1. The molecule has 3 aromatic carbocycles. The lowest BCUT2D eigenvalue weighted by molar-refractivity contribution is -0.136. The molecule has 0 aliphatic carbocycles. The van der Waals surface area contributed by atoms with E-state index in [-0.39, 0.29) is 18.8 Å². The van der Waals surface area contributed by atoms with E-state index >= 15 is 0 Å². The minimum Gasteiger partial charge on any atom is -0.490 e. The molecule has 12 nitrogen and oxygen atoms in total. The predicted octanol–water partition coefficient (Wildman–Crippen LogP) is 6.25. The van der Waals surface area contributed by atoms with Crippen LogP contribution in [0.4, 0.5) is 4.79 Å². The molecule has 48 heavy (non-hydrogen) atoms. The second-order valence-electron chi connectivity index (χ2n) is 10.2. The summed E-state index contributed by atoms with van der Waals surface area (Å²) in [4.78, 5) is 24.7. The number of allylic oxidation sites excluding steroid dienone is 1. The largest absolute Gasteiger partial charge is 0.490 e. The minimum absolute atomic E-state index is 0.179. The second kappa shape index (κ2) is 17.3. The highest BCUT2D eigenvalue weighted by molar-refractivity contribution is 9.10. The molecular formula is C33H35BrCl2N4O8. The zero-order chi connectivity index (χ0) is 34.8. The topological polar surface area (TPSA) is 149 Å². The number of aliphatic hydroxyl groups excluding tert-OH is 1. The molecule has 1 aliphatic heterocycles. The number of hydrogen-bond donors (Lipinski definition) is 4. The number of rotatable bonds is 15. The van der Waals surface area contributed by atoms with Crippen molar-refractivity contribution in [3.63, 3.8) is 0 Å². The Bertz CT molecular complexity index is 1700. The van der Waals surface area contributed by atoms with Gasteiger partial charge in [-0.15, -0.1) is 0 Å². The molecule has 1 aliphatic rings. The molecule has 15 heteroatoms. The number of nitrogens with zero attached hydrogens (tertiary/aromatic N) is 1. The SMILES string of the molecule is CCOc1cc([C@H]2NC(=O)NC(C)=C2C(=O)OC)ccc1OC[C@@H](O)N/N=C\c1cc(Br)c(OCc2ccc(Cl)cc2Cl)c(OCC)c1. The van der Waals surface area contributed by atoms with Gasteiger partial charge in [-0.3, -0.25) is 5.43 Å². The maximum Gasteiger partial charge on any atom is 0.337 e. The van der Waals surface area contributed by atoms with Gasteiger partial charge in [0.25, 0.3) is 0 Å². The van der Waals surface area contributed by atoms with E-state index in [2.05, 4.69) is 37.1 Å². The smallest absolute Gasteiger partial charge is 0.337 e. The molecule has 4 rings (SSSR count). The average molecular weight is 766 g/mol. The van der Waals surface area contributed by atoms with Gasteiger partial charge < -0.3 is 39.4 Å². The maximum atomic E-state index is 12.5. The van der Waals surface area contributed by atoms with E-state index in [9.17, 15) is 14.7 Å². The fourth-order valence-corrected chi connectivity index (χ4v) is 5.71. The molecule has 2 amide bonds. The van der Waals surface area contributed by atoms with Gasteiger partial charge in [-0.25, -0.2) is 9.59 Å². The Morgan fingerprint density at radius 3 is 2.50 bits per heavy atom. The van der Waals surface area contributed by atoms with E-state index in [0.29, 0.717) is 67.6 Å². The van der Waals surface area contributed by atoms with Gasteiger partial charge in [0, 0.05) is 21.3 Å². The first-order valence-electron chi connectivity index (χ1n) is 14.8. The first-order valence-corrected chi connectivity index (χ1v) is 16.3. The Morgan fingerprint density at radius 1 is 1.04 bits per heavy atom. The molecule has 0 saturated heterocycles. The molecule has 1 heterocycles. The third-order valence-corrected chi connectivity index (χ3v) is 8.00. The number of urea groups is 1. The highest BCUT2D eigenvalue weighted by Gasteiger charge is 2.32. The molecule has 0 spiro atoms. The number of hydrazone groups is 1. The van der Waals surface area contributed by atoms with E-state index < -0.39 is 24.3 Å². The summed E-state index contributed by atoms with van der Waals surface area (Å²) in [5.41, 5.74) is 5.28. The summed E-state index contributed by atoms with van der Waals surface area (Å²) < 4.78 is 29.0. The second-order valence-corrected chi connectivity index (χ2v) is 11.9. The van der Waals surface area contributed by atoms with Gasteiger partial charge in [0.2, 0.25) is 0 Å². The lowest BCUT2D eigenvalue weighted by Gasteiger charge is -2.28. The van der Waals surface area contributed by atoms with Crippen LogP contribution in [0.25, 0.3) is 0 Å². The fourth-order valence-electron chi connectivity index (χ4n) is 4.67. The Hall–Kier alpha value is -4.17. The first kappa shape index (κ1) is 36.7. The van der Waals surface area contributed by atoms with Crippen LogP contribution in [0.2, 0.25) is 10.0 Å². The molecule has 256 valence electrons. The molecule has 2 atom stereocenters. The van der Waals surface area contributed by atoms with Gasteiger partial charge in [-0.2, -0.15) is 5.10 Å². The van der Waals surface area contributed by atoms with Gasteiger partial charge in [0.15, 0.2) is 29.2 Å². The molecular weight excluding hydrogens is 731 g/mol. The lowest BCUT2D eigenvalue weighted by atomic mass is 9.95. The quantitative estimate of drug-likeness (QED) is 0.0610. The Labute approximate surface area is 296 Å². The monoisotopic (exact) mass is 764 g/mol. The number of ether oxygens (including phenoxy) is 5. The standard InChI is InChI=1S/C33H35BrCl2N4O8/c1-5-45-26-13-20(30-29(32(42)44-4)18(3)38-33(43)39-30)8-10-25(26)47-17-28(41)40-37-15-19-11-23(34)31(27(12-19)46-6-2)48-16-21-7-9-22(35)14-24(21)36/h7-15,28,30,40-41H,5-6,16-17H2,1-4H3,(H2,38,39,43)/b37-15-/t28-,30-/m1/s1. The van der Waals surface area contributed by atoms with E-state index in [1.807, 2.05) is 6.92 Å². The van der Waals surface area contributed by atoms with Gasteiger partial charge >= 0.3 is 12.0 Å². The number of amides is 2. The molecule has 3 aromatic rings. The highest BCUT2D eigenvalue weighted by Crippen LogP contribution is 2.38. The van der Waals surface area contributed by atoms with Crippen molar-refractivity contribution in [1.29, 1.82) is 0 Å². The number of methoxy groups -OCH3 is 1. The van der Waals surface area contributed by atoms with Gasteiger partial charge in [0.05, 0.1) is 42.6 Å². The molecule has 0 unspecified atom stereocenters. The van der Waals surface area contributed by atoms with Crippen molar-refractivity contribution in [1.82, 2.24) is 16.1 Å². The summed E-state index contributed by atoms with van der Waals surface area (Å²) in [7, 11) is 1.27. The zero-order valence-electron chi connectivity index (χ0n) is 26.6. The van der Waals surface area contributed by atoms with Crippen molar-refractivity contribution < 1.29 is 38.4 Å². The third-order valence-electron chi connectivity index (χ3n) is 6.83. The van der Waals surface area contributed by atoms with E-state index in [0.717, 1.165) is 5.56 Å². The zero-order valence-corrected chi connectivity index (χ0v) is 29.7. The predicted molar refractivity (Wildman–Crippen MR) is 185 cm³/mol. The minimum atomic E-state index is -1.18. The van der Waals surface area contributed by atoms with Crippen LogP contribution in [0, 0.1) is 0 Å². The number of aliphatic hydroxyl groups is 1. The Balaban J connectivity index is 1.40. The number of hydrogen-bond acceptors (Lipinski definition) is 10. The number of halogens is 3. The van der Waals surface area contributed by atoms with E-state index in [4.69, 9.17) is 46.9 Å². The van der Waals surface area contributed by atoms with Crippen molar-refractivity contribution in [3.8, 4) is 23.0 Å². The van der Waals surface area contributed by atoms with Gasteiger partial charge in [0.1, 0.15) is 13.2 Å². The molecule has 4 N–H and O–H groups in total. The van der Waals surface area contributed by atoms with Crippen LogP contribution in [-0.4, -0.2) is 56.5 Å². The average Bonchev–Trinajstić information content (AvgIpc) is 3.04. The number of benzene rings is 3. The summed E-state index contributed by atoms with van der Waals surface area (Å²) in [6.07, 6.45) is 0.329. The summed E-state index contributed by atoms with van der Waals surface area (Å²) in [6, 6.07) is 12.5. The number of carbonyl (C=O) groups is 2. The normalized spacial score (nSPS) is 15.0. The van der Waals surface area contributed by atoms with Gasteiger partial charge in [-0.1, -0.05) is 35.3 Å². The van der Waals surface area contributed by atoms with Crippen molar-refractivity contribution in [2.75, 3.05) is 26.9 Å². The molecule has 0 radical (unpaired) electrons. The van der Waals surface area contributed by atoms with E-state index in [1.165, 1.54) is 13.3 Å². The van der Waals surface area contributed by atoms with Crippen LogP contribution in [-0.2, 0) is 16.1 Å². The van der Waals surface area contributed by atoms with Gasteiger partial charge in [-0.05, 0) is 84.2 Å². The molecule has 0 aromatic heterocycles. The van der Waals surface area contributed by atoms with Crippen LogP contribution >= 0.6 is 39.1 Å². The number of carbonyl (C=O) groups excluding carboxylic acids is 2. The van der Waals surface area contributed by atoms with Crippen molar-refractivity contribution in [2.24, 2.45) is 5.10 Å². The maximum absolute atomic E-state index is 12.5.